The molecular formula is C12H21NO. The van der Waals surface area contributed by atoms with Gasteiger partial charge in [-0.2, -0.15) is 0 Å². The minimum absolute atomic E-state index is 0.379. The molecule has 80 valence electrons. The number of rotatable bonds is 2. The number of nitrogens with zero attached hydrogens (tertiary/aromatic N) is 1. The Labute approximate surface area is 86.7 Å². The minimum atomic E-state index is 0.379. The number of carbonyl (C=O) groups excluding carboxylic acids is 1. The highest BCUT2D eigenvalue weighted by atomic mass is 16.2. The SMILES string of the molecule is CC(C)CC(=O)N1C(C)CC2C(C)C21. The van der Waals surface area contributed by atoms with Crippen LogP contribution in [0.25, 0.3) is 0 Å². The zero-order valence-corrected chi connectivity index (χ0v) is 9.66. The van der Waals surface area contributed by atoms with Gasteiger partial charge in [-0.05, 0) is 31.1 Å². The van der Waals surface area contributed by atoms with Gasteiger partial charge in [-0.25, -0.2) is 0 Å². The lowest BCUT2D eigenvalue weighted by molar-refractivity contribution is -0.133. The number of hydrogen-bond donors (Lipinski definition) is 0. The van der Waals surface area contributed by atoms with E-state index in [-0.39, 0.29) is 0 Å². The molecule has 2 rings (SSSR count). The number of likely N-dealkylation sites (tertiary alicyclic amines) is 1. The van der Waals surface area contributed by atoms with Crippen LogP contribution in [-0.4, -0.2) is 22.9 Å². The van der Waals surface area contributed by atoms with Crippen molar-refractivity contribution < 1.29 is 4.79 Å². The summed E-state index contributed by atoms with van der Waals surface area (Å²) in [5.41, 5.74) is 0. The summed E-state index contributed by atoms with van der Waals surface area (Å²) < 4.78 is 0. The molecule has 0 aromatic carbocycles. The minimum Gasteiger partial charge on any atom is -0.336 e. The molecule has 2 fully saturated rings. The summed E-state index contributed by atoms with van der Waals surface area (Å²) in [7, 11) is 0. The first-order valence-corrected chi connectivity index (χ1v) is 5.83. The predicted octanol–water partition coefficient (Wildman–Crippen LogP) is 2.29. The van der Waals surface area contributed by atoms with E-state index in [1.807, 2.05) is 0 Å². The molecule has 1 saturated carbocycles. The Balaban J connectivity index is 1.99. The fourth-order valence-electron chi connectivity index (χ4n) is 3.00. The molecule has 1 aliphatic carbocycles. The first-order valence-electron chi connectivity index (χ1n) is 5.83. The first kappa shape index (κ1) is 10.0. The molecule has 2 nitrogen and oxygen atoms in total. The van der Waals surface area contributed by atoms with Crippen molar-refractivity contribution in [1.82, 2.24) is 4.90 Å². The van der Waals surface area contributed by atoms with Gasteiger partial charge in [0.15, 0.2) is 0 Å². The summed E-state index contributed by atoms with van der Waals surface area (Å²) in [6.07, 6.45) is 1.95. The van der Waals surface area contributed by atoms with Crippen molar-refractivity contribution in [2.75, 3.05) is 0 Å². The largest absolute Gasteiger partial charge is 0.336 e. The van der Waals surface area contributed by atoms with E-state index in [1.54, 1.807) is 0 Å². The van der Waals surface area contributed by atoms with Gasteiger partial charge >= 0.3 is 0 Å². The van der Waals surface area contributed by atoms with Crippen molar-refractivity contribution in [3.63, 3.8) is 0 Å². The highest BCUT2D eigenvalue weighted by Crippen LogP contribution is 2.53. The van der Waals surface area contributed by atoms with Gasteiger partial charge in [-0.15, -0.1) is 0 Å². The van der Waals surface area contributed by atoms with Crippen LogP contribution in [0.15, 0.2) is 0 Å². The van der Waals surface area contributed by atoms with Crippen LogP contribution in [0, 0.1) is 17.8 Å². The first-order chi connectivity index (χ1) is 6.52. The topological polar surface area (TPSA) is 20.3 Å². The van der Waals surface area contributed by atoms with Crippen molar-refractivity contribution in [1.29, 1.82) is 0 Å². The highest BCUT2D eigenvalue weighted by Gasteiger charge is 2.58. The van der Waals surface area contributed by atoms with Crippen LogP contribution in [0.2, 0.25) is 0 Å². The van der Waals surface area contributed by atoms with Crippen molar-refractivity contribution in [3.05, 3.63) is 0 Å². The molecule has 0 bridgehead atoms. The lowest BCUT2D eigenvalue weighted by atomic mass is 10.1. The number of piperidine rings is 1. The van der Waals surface area contributed by atoms with Crippen LogP contribution < -0.4 is 0 Å². The second-order valence-electron chi connectivity index (χ2n) is 5.50. The molecule has 2 heteroatoms. The van der Waals surface area contributed by atoms with E-state index in [0.29, 0.717) is 23.9 Å². The number of amides is 1. The van der Waals surface area contributed by atoms with Crippen LogP contribution in [0.5, 0.6) is 0 Å². The molecule has 1 heterocycles. The summed E-state index contributed by atoms with van der Waals surface area (Å²) in [6, 6.07) is 1.09. The van der Waals surface area contributed by atoms with Gasteiger partial charge in [0, 0.05) is 18.5 Å². The summed E-state index contributed by atoms with van der Waals surface area (Å²) in [5, 5.41) is 0. The van der Waals surface area contributed by atoms with Crippen LogP contribution in [0.1, 0.15) is 40.5 Å². The molecular weight excluding hydrogens is 174 g/mol. The quantitative estimate of drug-likeness (QED) is 0.662. The van der Waals surface area contributed by atoms with Gasteiger partial charge in [0.25, 0.3) is 0 Å². The molecule has 1 aliphatic heterocycles. The van der Waals surface area contributed by atoms with E-state index in [0.717, 1.165) is 18.3 Å². The Morgan fingerprint density at radius 3 is 2.57 bits per heavy atom. The van der Waals surface area contributed by atoms with Crippen LogP contribution in [0.3, 0.4) is 0 Å². The summed E-state index contributed by atoms with van der Waals surface area (Å²) in [5.74, 6) is 2.45. The molecule has 1 amide bonds. The maximum atomic E-state index is 12.0. The molecule has 0 aromatic heterocycles. The molecule has 14 heavy (non-hydrogen) atoms. The maximum absolute atomic E-state index is 12.0. The average molecular weight is 195 g/mol. The maximum Gasteiger partial charge on any atom is 0.223 e. The second-order valence-corrected chi connectivity index (χ2v) is 5.50. The van der Waals surface area contributed by atoms with E-state index in [1.165, 1.54) is 6.42 Å². The smallest absolute Gasteiger partial charge is 0.223 e. The molecule has 4 unspecified atom stereocenters. The van der Waals surface area contributed by atoms with Crippen molar-refractivity contribution in [3.8, 4) is 0 Å². The zero-order valence-electron chi connectivity index (χ0n) is 9.66. The van der Waals surface area contributed by atoms with Crippen molar-refractivity contribution in [2.45, 2.75) is 52.6 Å². The molecule has 2 aliphatic rings. The van der Waals surface area contributed by atoms with Gasteiger partial charge in [-0.1, -0.05) is 20.8 Å². The third kappa shape index (κ3) is 1.45. The number of hydrogen-bond acceptors (Lipinski definition) is 1. The zero-order chi connectivity index (χ0) is 10.5. The van der Waals surface area contributed by atoms with Gasteiger partial charge in [0.1, 0.15) is 0 Å². The van der Waals surface area contributed by atoms with Gasteiger partial charge < -0.3 is 4.90 Å². The van der Waals surface area contributed by atoms with E-state index in [4.69, 9.17) is 0 Å². The van der Waals surface area contributed by atoms with Crippen LogP contribution in [0.4, 0.5) is 0 Å². The van der Waals surface area contributed by atoms with Crippen LogP contribution >= 0.6 is 0 Å². The number of carbonyl (C=O) groups is 1. The Morgan fingerprint density at radius 2 is 2.07 bits per heavy atom. The van der Waals surface area contributed by atoms with Gasteiger partial charge in [-0.3, -0.25) is 4.79 Å². The lowest BCUT2D eigenvalue weighted by Crippen LogP contribution is -2.38. The predicted molar refractivity (Wildman–Crippen MR) is 56.8 cm³/mol. The molecule has 0 N–H and O–H groups in total. The Morgan fingerprint density at radius 1 is 1.43 bits per heavy atom. The Bertz CT molecular complexity index is 249. The van der Waals surface area contributed by atoms with Crippen molar-refractivity contribution >= 4 is 5.91 Å². The van der Waals surface area contributed by atoms with Gasteiger partial charge in [0.2, 0.25) is 5.91 Å². The van der Waals surface area contributed by atoms with E-state index in [9.17, 15) is 4.79 Å². The molecule has 0 radical (unpaired) electrons. The third-order valence-electron chi connectivity index (χ3n) is 3.79. The Kier molecular flexibility index (Phi) is 2.32. The standard InChI is InChI=1S/C12H21NO/c1-7(2)5-11(14)13-8(3)6-10-9(4)12(10)13/h7-10,12H,5-6H2,1-4H3. The fraction of sp³-hybridized carbons (Fsp3) is 0.917. The number of fused-ring (bicyclic) bond motifs is 1. The molecule has 0 aromatic rings. The summed E-state index contributed by atoms with van der Waals surface area (Å²) in [4.78, 5) is 14.1. The average Bonchev–Trinajstić information content (AvgIpc) is 2.58. The van der Waals surface area contributed by atoms with E-state index >= 15 is 0 Å². The van der Waals surface area contributed by atoms with Crippen molar-refractivity contribution in [2.24, 2.45) is 17.8 Å². The van der Waals surface area contributed by atoms with Gasteiger partial charge in [0.05, 0.1) is 0 Å². The monoisotopic (exact) mass is 195 g/mol. The summed E-state index contributed by atoms with van der Waals surface area (Å²) >= 11 is 0. The molecule has 0 spiro atoms. The summed E-state index contributed by atoms with van der Waals surface area (Å²) in [6.45, 7) is 8.70. The molecule has 4 atom stereocenters. The van der Waals surface area contributed by atoms with E-state index < -0.39 is 0 Å². The third-order valence-corrected chi connectivity index (χ3v) is 3.79. The Hall–Kier alpha value is -0.530. The van der Waals surface area contributed by atoms with E-state index in [2.05, 4.69) is 32.6 Å². The normalized spacial score (nSPS) is 40.2. The fourth-order valence-corrected chi connectivity index (χ4v) is 3.00. The molecule has 1 saturated heterocycles. The lowest BCUT2D eigenvalue weighted by Gasteiger charge is -2.26. The highest BCUT2D eigenvalue weighted by molar-refractivity contribution is 5.78. The second kappa shape index (κ2) is 3.25. The van der Waals surface area contributed by atoms with Crippen LogP contribution in [-0.2, 0) is 4.79 Å².